The number of anilines is 1. The predicted octanol–water partition coefficient (Wildman–Crippen LogP) is 1.73. The number of aromatic nitrogens is 3. The highest BCUT2D eigenvalue weighted by Crippen LogP contribution is 2.13. The summed E-state index contributed by atoms with van der Waals surface area (Å²) < 4.78 is 0. The van der Waals surface area contributed by atoms with Crippen LogP contribution in [0.2, 0.25) is 0 Å². The summed E-state index contributed by atoms with van der Waals surface area (Å²) in [6, 6.07) is 2.25. The normalized spacial score (nSPS) is 11.9. The zero-order valence-electron chi connectivity index (χ0n) is 10.9. The lowest BCUT2D eigenvalue weighted by Crippen LogP contribution is -2.30. The molecule has 0 saturated carbocycles. The van der Waals surface area contributed by atoms with Gasteiger partial charge in [0.05, 0.1) is 23.9 Å². The lowest BCUT2D eigenvalue weighted by molar-refractivity contribution is 0.665. The first kappa shape index (κ1) is 13.4. The Labute approximate surface area is 102 Å². The maximum absolute atomic E-state index is 8.68. The van der Waals surface area contributed by atoms with Crippen LogP contribution in [0.15, 0.2) is 0 Å². The van der Waals surface area contributed by atoms with Gasteiger partial charge >= 0.3 is 0 Å². The first-order valence-electron chi connectivity index (χ1n) is 5.96. The van der Waals surface area contributed by atoms with Gasteiger partial charge in [0.25, 0.3) is 0 Å². The van der Waals surface area contributed by atoms with Crippen molar-refractivity contribution in [3.8, 4) is 6.07 Å². The van der Waals surface area contributed by atoms with Crippen LogP contribution < -0.4 is 4.90 Å². The minimum Gasteiger partial charge on any atom is -0.339 e. The maximum Gasteiger partial charge on any atom is 0.245 e. The van der Waals surface area contributed by atoms with Crippen molar-refractivity contribution >= 4 is 5.95 Å². The van der Waals surface area contributed by atoms with Gasteiger partial charge in [0.15, 0.2) is 0 Å². The van der Waals surface area contributed by atoms with E-state index in [1.807, 2.05) is 25.8 Å². The summed E-state index contributed by atoms with van der Waals surface area (Å²) in [5, 5.41) is 17.0. The van der Waals surface area contributed by atoms with Gasteiger partial charge in [-0.25, -0.2) is 4.98 Å². The standard InChI is InChI=1S/C12H19N5/c1-5-10-11(6-2)15-16-12(14-10)17(4)9(3)7-8-13/h9H,5-7H2,1-4H3. The number of hydrogen-bond acceptors (Lipinski definition) is 5. The third-order valence-electron chi connectivity index (χ3n) is 2.86. The van der Waals surface area contributed by atoms with E-state index in [1.165, 1.54) is 0 Å². The molecule has 0 amide bonds. The van der Waals surface area contributed by atoms with Crippen molar-refractivity contribution in [1.29, 1.82) is 5.26 Å². The van der Waals surface area contributed by atoms with E-state index in [0.717, 1.165) is 24.2 Å². The van der Waals surface area contributed by atoms with E-state index in [1.54, 1.807) is 0 Å². The van der Waals surface area contributed by atoms with Crippen molar-refractivity contribution in [3.05, 3.63) is 11.4 Å². The molecule has 5 nitrogen and oxygen atoms in total. The molecule has 92 valence electrons. The van der Waals surface area contributed by atoms with Crippen LogP contribution in [-0.4, -0.2) is 28.3 Å². The molecule has 0 bridgehead atoms. The molecular formula is C12H19N5. The molecule has 0 aromatic carbocycles. The largest absolute Gasteiger partial charge is 0.339 e. The average Bonchev–Trinajstić information content (AvgIpc) is 2.37. The molecule has 0 aliphatic carbocycles. The predicted molar refractivity (Wildman–Crippen MR) is 66.7 cm³/mol. The van der Waals surface area contributed by atoms with Gasteiger partial charge < -0.3 is 4.90 Å². The fraction of sp³-hybridized carbons (Fsp3) is 0.667. The summed E-state index contributed by atoms with van der Waals surface area (Å²) in [6.07, 6.45) is 2.16. The smallest absolute Gasteiger partial charge is 0.245 e. The van der Waals surface area contributed by atoms with E-state index >= 15 is 0 Å². The molecule has 1 heterocycles. The molecule has 1 atom stereocenters. The van der Waals surface area contributed by atoms with Crippen molar-refractivity contribution in [2.75, 3.05) is 11.9 Å². The molecule has 0 N–H and O–H groups in total. The minimum atomic E-state index is 0.0963. The van der Waals surface area contributed by atoms with Crippen LogP contribution in [0.25, 0.3) is 0 Å². The minimum absolute atomic E-state index is 0.0963. The Morgan fingerprint density at radius 3 is 2.41 bits per heavy atom. The molecular weight excluding hydrogens is 214 g/mol. The van der Waals surface area contributed by atoms with Crippen LogP contribution in [0.4, 0.5) is 5.95 Å². The van der Waals surface area contributed by atoms with E-state index in [0.29, 0.717) is 12.4 Å². The van der Waals surface area contributed by atoms with Gasteiger partial charge in [-0.05, 0) is 19.8 Å². The lowest BCUT2D eigenvalue weighted by Gasteiger charge is -2.22. The average molecular weight is 233 g/mol. The molecule has 0 spiro atoms. The second-order valence-electron chi connectivity index (χ2n) is 4.03. The molecule has 1 unspecified atom stereocenters. The molecule has 1 aromatic rings. The summed E-state index contributed by atoms with van der Waals surface area (Å²) in [5.74, 6) is 0.599. The monoisotopic (exact) mass is 233 g/mol. The van der Waals surface area contributed by atoms with Crippen molar-refractivity contribution in [2.45, 2.75) is 46.1 Å². The van der Waals surface area contributed by atoms with Gasteiger partial charge in [-0.2, -0.15) is 10.4 Å². The molecule has 0 radical (unpaired) electrons. The SMILES string of the molecule is CCc1nnc(N(C)C(C)CC#N)nc1CC. The molecule has 17 heavy (non-hydrogen) atoms. The Kier molecular flexibility index (Phi) is 4.83. The summed E-state index contributed by atoms with van der Waals surface area (Å²) in [7, 11) is 1.89. The molecule has 1 aromatic heterocycles. The highest BCUT2D eigenvalue weighted by Gasteiger charge is 2.14. The third kappa shape index (κ3) is 3.13. The van der Waals surface area contributed by atoms with Crippen LogP contribution in [-0.2, 0) is 12.8 Å². The van der Waals surface area contributed by atoms with Crippen LogP contribution in [0.5, 0.6) is 0 Å². The Hall–Kier alpha value is -1.70. The number of aryl methyl sites for hydroxylation is 2. The summed E-state index contributed by atoms with van der Waals surface area (Å²) >= 11 is 0. The van der Waals surface area contributed by atoms with Crippen molar-refractivity contribution in [2.24, 2.45) is 0 Å². The maximum atomic E-state index is 8.68. The van der Waals surface area contributed by atoms with E-state index in [2.05, 4.69) is 28.2 Å². The van der Waals surface area contributed by atoms with E-state index in [4.69, 9.17) is 5.26 Å². The highest BCUT2D eigenvalue weighted by molar-refractivity contribution is 5.30. The number of hydrogen-bond donors (Lipinski definition) is 0. The van der Waals surface area contributed by atoms with Crippen LogP contribution >= 0.6 is 0 Å². The van der Waals surface area contributed by atoms with Gasteiger partial charge in [-0.1, -0.05) is 13.8 Å². The van der Waals surface area contributed by atoms with E-state index in [9.17, 15) is 0 Å². The fourth-order valence-electron chi connectivity index (χ4n) is 1.54. The quantitative estimate of drug-likeness (QED) is 0.775. The van der Waals surface area contributed by atoms with Gasteiger partial charge in [0.2, 0.25) is 5.95 Å². The lowest BCUT2D eigenvalue weighted by atomic mass is 10.2. The van der Waals surface area contributed by atoms with Crippen molar-refractivity contribution in [3.63, 3.8) is 0 Å². The summed E-state index contributed by atoms with van der Waals surface area (Å²) in [5.41, 5.74) is 1.95. The number of nitriles is 1. The van der Waals surface area contributed by atoms with Gasteiger partial charge in [0.1, 0.15) is 0 Å². The topological polar surface area (TPSA) is 65.7 Å². The molecule has 1 rings (SSSR count). The Morgan fingerprint density at radius 2 is 1.88 bits per heavy atom. The summed E-state index contributed by atoms with van der Waals surface area (Å²) in [4.78, 5) is 6.41. The van der Waals surface area contributed by atoms with Crippen molar-refractivity contribution < 1.29 is 0 Å². The first-order chi connectivity index (χ1) is 8.13. The van der Waals surface area contributed by atoms with Crippen LogP contribution in [0.1, 0.15) is 38.6 Å². The van der Waals surface area contributed by atoms with E-state index in [-0.39, 0.29) is 6.04 Å². The van der Waals surface area contributed by atoms with E-state index < -0.39 is 0 Å². The van der Waals surface area contributed by atoms with Gasteiger partial charge in [-0.15, -0.1) is 5.10 Å². The number of rotatable bonds is 5. The first-order valence-corrected chi connectivity index (χ1v) is 5.96. The van der Waals surface area contributed by atoms with Gasteiger partial charge in [0, 0.05) is 13.1 Å². The molecule has 0 saturated heterocycles. The summed E-state index contributed by atoms with van der Waals surface area (Å²) in [6.45, 7) is 6.09. The molecule has 0 aliphatic heterocycles. The second-order valence-corrected chi connectivity index (χ2v) is 4.03. The Morgan fingerprint density at radius 1 is 1.24 bits per heavy atom. The van der Waals surface area contributed by atoms with Crippen LogP contribution in [0.3, 0.4) is 0 Å². The Bertz CT molecular complexity index is 410. The highest BCUT2D eigenvalue weighted by atomic mass is 15.3. The Balaban J connectivity index is 2.95. The molecule has 0 fully saturated rings. The van der Waals surface area contributed by atoms with Crippen LogP contribution in [0, 0.1) is 11.3 Å². The third-order valence-corrected chi connectivity index (χ3v) is 2.86. The zero-order valence-corrected chi connectivity index (χ0v) is 10.9. The zero-order chi connectivity index (χ0) is 12.8. The second kappa shape index (κ2) is 6.14. The van der Waals surface area contributed by atoms with Crippen molar-refractivity contribution in [1.82, 2.24) is 15.2 Å². The molecule has 0 aliphatic rings. The number of nitrogens with zero attached hydrogens (tertiary/aromatic N) is 5. The fourth-order valence-corrected chi connectivity index (χ4v) is 1.54. The van der Waals surface area contributed by atoms with Gasteiger partial charge in [-0.3, -0.25) is 0 Å². The molecule has 5 heteroatoms.